The Morgan fingerprint density at radius 2 is 0.617 bits per heavy atom. The second-order valence-corrected chi connectivity index (χ2v) is 16.5. The minimum absolute atomic E-state index is 0.131. The Hall–Kier alpha value is -7.42. The van der Waals surface area contributed by atoms with E-state index in [2.05, 4.69) is 254 Å². The van der Waals surface area contributed by atoms with Crippen molar-refractivity contribution >= 4 is 34.1 Å². The summed E-state index contributed by atoms with van der Waals surface area (Å²) < 4.78 is 0. The molecule has 0 saturated carbocycles. The number of nitrogens with zero attached hydrogens (tertiary/aromatic N) is 2. The van der Waals surface area contributed by atoms with E-state index in [0.29, 0.717) is 0 Å². The fourth-order valence-electron chi connectivity index (χ4n) is 10.2. The number of fused-ring (bicyclic) bond motifs is 9. The third-order valence-electron chi connectivity index (χ3n) is 12.9. The maximum absolute atomic E-state index is 2.43. The van der Waals surface area contributed by atoms with Crippen molar-refractivity contribution in [1.82, 2.24) is 0 Å². The number of benzene rings is 9. The van der Waals surface area contributed by atoms with E-state index >= 15 is 0 Å². The molecule has 0 atom stereocenters. The van der Waals surface area contributed by atoms with Gasteiger partial charge in [-0.15, -0.1) is 0 Å². The van der Waals surface area contributed by atoms with Gasteiger partial charge in [0.25, 0.3) is 0 Å². The first-order chi connectivity index (χ1) is 29.5. The Bertz CT molecular complexity index is 2940. The number of anilines is 6. The van der Waals surface area contributed by atoms with Gasteiger partial charge in [0.15, 0.2) is 0 Å². The predicted octanol–water partition coefficient (Wildman–Crippen LogP) is 15.3. The van der Waals surface area contributed by atoms with E-state index in [1.54, 1.807) is 0 Å². The van der Waals surface area contributed by atoms with Crippen LogP contribution in [0.3, 0.4) is 0 Å². The SMILES string of the molecule is CC1(C)c2ccccc2C2(c3ccccc3-c3cc(N(c4ccccc4)c4ccc(N(c5ccccc5)c5ccc(-c6ccccc6)cc5)cc4)ccc32)c2ccccc21. The highest BCUT2D eigenvalue weighted by Crippen LogP contribution is 2.62. The summed E-state index contributed by atoms with van der Waals surface area (Å²) in [5, 5.41) is 0. The van der Waals surface area contributed by atoms with Crippen LogP contribution < -0.4 is 9.80 Å². The third-order valence-corrected chi connectivity index (χ3v) is 12.9. The molecule has 0 unspecified atom stereocenters. The first kappa shape index (κ1) is 35.7. The van der Waals surface area contributed by atoms with Crippen molar-refractivity contribution in [2.24, 2.45) is 0 Å². The first-order valence-electron chi connectivity index (χ1n) is 20.9. The van der Waals surface area contributed by atoms with E-state index in [-0.39, 0.29) is 5.41 Å². The van der Waals surface area contributed by atoms with E-state index in [1.807, 2.05) is 0 Å². The van der Waals surface area contributed by atoms with Crippen LogP contribution in [-0.4, -0.2) is 0 Å². The van der Waals surface area contributed by atoms with Crippen molar-refractivity contribution in [3.05, 3.63) is 264 Å². The molecule has 286 valence electrons. The Morgan fingerprint density at radius 1 is 0.267 bits per heavy atom. The predicted molar refractivity (Wildman–Crippen MR) is 251 cm³/mol. The van der Waals surface area contributed by atoms with Gasteiger partial charge < -0.3 is 9.80 Å². The summed E-state index contributed by atoms with van der Waals surface area (Å²) in [6.45, 7) is 4.76. The maximum atomic E-state index is 2.43. The van der Waals surface area contributed by atoms with Crippen LogP contribution >= 0.6 is 0 Å². The Kier molecular flexibility index (Phi) is 8.42. The van der Waals surface area contributed by atoms with Crippen LogP contribution in [-0.2, 0) is 10.8 Å². The molecule has 0 amide bonds. The van der Waals surface area contributed by atoms with Crippen LogP contribution in [0.25, 0.3) is 22.3 Å². The summed E-state index contributed by atoms with van der Waals surface area (Å²) in [6.07, 6.45) is 0. The van der Waals surface area contributed by atoms with Crippen molar-refractivity contribution in [2.75, 3.05) is 9.80 Å². The summed E-state index contributed by atoms with van der Waals surface area (Å²) >= 11 is 0. The molecular weight excluding hydrogens is 725 g/mol. The lowest BCUT2D eigenvalue weighted by atomic mass is 9.55. The van der Waals surface area contributed by atoms with Gasteiger partial charge in [-0.05, 0) is 128 Å². The van der Waals surface area contributed by atoms with Gasteiger partial charge in [0, 0.05) is 39.5 Å². The van der Waals surface area contributed by atoms with Crippen molar-refractivity contribution in [3.63, 3.8) is 0 Å². The Labute approximate surface area is 353 Å². The fourth-order valence-corrected chi connectivity index (χ4v) is 10.2. The lowest BCUT2D eigenvalue weighted by Crippen LogP contribution is -2.40. The minimum atomic E-state index is -0.424. The van der Waals surface area contributed by atoms with Gasteiger partial charge in [0.05, 0.1) is 5.41 Å². The van der Waals surface area contributed by atoms with Crippen LogP contribution in [0.2, 0.25) is 0 Å². The topological polar surface area (TPSA) is 6.48 Å². The highest BCUT2D eigenvalue weighted by molar-refractivity contribution is 5.92. The zero-order valence-corrected chi connectivity index (χ0v) is 33.8. The number of hydrogen-bond acceptors (Lipinski definition) is 2. The second kappa shape index (κ2) is 14.1. The van der Waals surface area contributed by atoms with Gasteiger partial charge in [-0.1, -0.05) is 172 Å². The molecule has 2 heteroatoms. The van der Waals surface area contributed by atoms with Crippen LogP contribution in [0, 0.1) is 0 Å². The summed E-state index contributed by atoms with van der Waals surface area (Å²) in [4.78, 5) is 4.73. The second-order valence-electron chi connectivity index (χ2n) is 16.5. The largest absolute Gasteiger partial charge is 0.311 e. The highest BCUT2D eigenvalue weighted by Gasteiger charge is 2.53. The molecular formula is C58H44N2. The van der Waals surface area contributed by atoms with E-state index in [4.69, 9.17) is 0 Å². The zero-order chi connectivity index (χ0) is 40.3. The molecule has 9 aromatic rings. The lowest BCUT2D eigenvalue weighted by Gasteiger charge is -2.46. The Balaban J connectivity index is 1.04. The fraction of sp³-hybridized carbons (Fsp3) is 0.0690. The van der Waals surface area contributed by atoms with Crippen LogP contribution in [0.1, 0.15) is 47.2 Å². The molecule has 1 spiro atoms. The molecule has 0 saturated heterocycles. The molecule has 0 radical (unpaired) electrons. The molecule has 0 N–H and O–H groups in total. The van der Waals surface area contributed by atoms with Crippen molar-refractivity contribution < 1.29 is 0 Å². The van der Waals surface area contributed by atoms with Crippen molar-refractivity contribution in [3.8, 4) is 22.3 Å². The molecule has 0 bridgehead atoms. The number of hydrogen-bond donors (Lipinski definition) is 0. The van der Waals surface area contributed by atoms with E-state index in [0.717, 1.165) is 34.1 Å². The summed E-state index contributed by atoms with van der Waals surface area (Å²) in [6, 6.07) is 84.4. The number of rotatable bonds is 7. The molecule has 0 fully saturated rings. The molecule has 0 aliphatic heterocycles. The monoisotopic (exact) mass is 768 g/mol. The number of para-hydroxylation sites is 2. The standard InChI is InChI=1S/C58H44N2/c1-57(2)53-26-14-16-28-55(53)58(56-29-17-15-27-54(56)57)51-25-13-12-24-49(51)50-40-48(38-39-52(50)58)60(44-22-10-5-11-23-44)47-36-34-46(35-37-47)59(43-20-8-4-9-21-43)45-32-30-42(31-33-45)41-18-6-3-7-19-41/h3-40H,1-2H3. The van der Waals surface area contributed by atoms with E-state index in [9.17, 15) is 0 Å². The molecule has 0 aromatic heterocycles. The molecule has 0 heterocycles. The molecule has 9 aromatic carbocycles. The molecule has 11 rings (SSSR count). The van der Waals surface area contributed by atoms with Gasteiger partial charge in [0.1, 0.15) is 0 Å². The molecule has 60 heavy (non-hydrogen) atoms. The summed E-state index contributed by atoms with van der Waals surface area (Å²) in [5.74, 6) is 0. The van der Waals surface area contributed by atoms with Crippen molar-refractivity contribution in [2.45, 2.75) is 24.7 Å². The van der Waals surface area contributed by atoms with E-state index < -0.39 is 5.41 Å². The molecule has 2 aliphatic rings. The highest BCUT2D eigenvalue weighted by atomic mass is 15.2. The zero-order valence-electron chi connectivity index (χ0n) is 33.8. The van der Waals surface area contributed by atoms with Crippen LogP contribution in [0.4, 0.5) is 34.1 Å². The lowest BCUT2D eigenvalue weighted by molar-refractivity contribution is 0.563. The van der Waals surface area contributed by atoms with Gasteiger partial charge in [-0.3, -0.25) is 0 Å². The average molecular weight is 769 g/mol. The molecule has 2 aliphatic carbocycles. The normalized spacial score (nSPS) is 13.8. The first-order valence-corrected chi connectivity index (χ1v) is 20.9. The Morgan fingerprint density at radius 3 is 1.15 bits per heavy atom. The van der Waals surface area contributed by atoms with E-state index in [1.165, 1.54) is 55.6 Å². The average Bonchev–Trinajstić information content (AvgIpc) is 3.60. The summed E-state index contributed by atoms with van der Waals surface area (Å²) in [7, 11) is 0. The van der Waals surface area contributed by atoms with Crippen LogP contribution in [0.15, 0.2) is 231 Å². The third kappa shape index (κ3) is 5.48. The van der Waals surface area contributed by atoms with Crippen LogP contribution in [0.5, 0.6) is 0 Å². The minimum Gasteiger partial charge on any atom is -0.311 e. The van der Waals surface area contributed by atoms with Gasteiger partial charge in [-0.2, -0.15) is 0 Å². The molecule has 2 nitrogen and oxygen atoms in total. The van der Waals surface area contributed by atoms with Gasteiger partial charge >= 0.3 is 0 Å². The summed E-state index contributed by atoms with van der Waals surface area (Å²) in [5.41, 5.74) is 19.3. The smallest absolute Gasteiger partial charge is 0.0719 e. The maximum Gasteiger partial charge on any atom is 0.0719 e. The van der Waals surface area contributed by atoms with Crippen molar-refractivity contribution in [1.29, 1.82) is 0 Å². The quantitative estimate of drug-likeness (QED) is 0.159. The van der Waals surface area contributed by atoms with Gasteiger partial charge in [0.2, 0.25) is 0 Å². The van der Waals surface area contributed by atoms with Gasteiger partial charge in [-0.25, -0.2) is 0 Å².